The van der Waals surface area contributed by atoms with Crippen molar-refractivity contribution in [2.75, 3.05) is 13.1 Å². The molecule has 1 atom stereocenters. The molecule has 98 valence electrons. The van der Waals surface area contributed by atoms with Crippen LogP contribution in [0.1, 0.15) is 50.5 Å². The fourth-order valence-corrected chi connectivity index (χ4v) is 2.60. The van der Waals surface area contributed by atoms with Gasteiger partial charge in [0.2, 0.25) is 0 Å². The minimum atomic E-state index is -0.380. The lowest BCUT2D eigenvalue weighted by Crippen LogP contribution is -2.24. The Morgan fingerprint density at radius 3 is 2.35 bits per heavy atom. The third-order valence-corrected chi connectivity index (χ3v) is 4.20. The number of aliphatic hydroxyl groups is 1. The number of aliphatic hydroxyl groups excluding tert-OH is 1. The summed E-state index contributed by atoms with van der Waals surface area (Å²) in [7, 11) is 0. The van der Waals surface area contributed by atoms with Gasteiger partial charge in [-0.15, -0.1) is 11.3 Å². The summed E-state index contributed by atoms with van der Waals surface area (Å²) in [6.07, 6.45) is -0.380. The Labute approximate surface area is 109 Å². The standard InChI is InChI=1S/C14H25NOS/c1-10(2)8-15-9-11(16)12-6-7-13(17-12)14(3,4)5/h6-7,10-11,15-16H,8-9H2,1-5H3. The summed E-state index contributed by atoms with van der Waals surface area (Å²) in [5.41, 5.74) is 0.175. The number of hydrogen-bond donors (Lipinski definition) is 2. The summed E-state index contributed by atoms with van der Waals surface area (Å²) in [4.78, 5) is 2.39. The molecule has 0 aliphatic rings. The predicted octanol–water partition coefficient (Wildman–Crippen LogP) is 3.32. The van der Waals surface area contributed by atoms with Crippen molar-refractivity contribution >= 4 is 11.3 Å². The zero-order chi connectivity index (χ0) is 13.1. The Balaban J connectivity index is 2.52. The number of hydrogen-bond acceptors (Lipinski definition) is 3. The molecule has 0 aliphatic heterocycles. The van der Waals surface area contributed by atoms with Crippen LogP contribution >= 0.6 is 11.3 Å². The van der Waals surface area contributed by atoms with Crippen molar-refractivity contribution in [1.29, 1.82) is 0 Å². The monoisotopic (exact) mass is 255 g/mol. The van der Waals surface area contributed by atoms with Gasteiger partial charge in [-0.25, -0.2) is 0 Å². The summed E-state index contributed by atoms with van der Waals surface area (Å²) in [6, 6.07) is 4.18. The van der Waals surface area contributed by atoms with Crippen molar-refractivity contribution in [3.8, 4) is 0 Å². The SMILES string of the molecule is CC(C)CNCC(O)c1ccc(C(C)(C)C)s1. The van der Waals surface area contributed by atoms with E-state index in [-0.39, 0.29) is 11.5 Å². The molecule has 0 radical (unpaired) electrons. The molecule has 1 unspecified atom stereocenters. The molecule has 1 aromatic heterocycles. The fraction of sp³-hybridized carbons (Fsp3) is 0.714. The van der Waals surface area contributed by atoms with Crippen molar-refractivity contribution in [3.05, 3.63) is 21.9 Å². The first-order chi connectivity index (χ1) is 7.80. The van der Waals surface area contributed by atoms with Crippen LogP contribution in [0.4, 0.5) is 0 Å². The van der Waals surface area contributed by atoms with Gasteiger partial charge in [0.25, 0.3) is 0 Å². The molecule has 0 aromatic carbocycles. The number of nitrogens with one attached hydrogen (secondary N) is 1. The Morgan fingerprint density at radius 2 is 1.88 bits per heavy atom. The van der Waals surface area contributed by atoms with E-state index in [4.69, 9.17) is 0 Å². The van der Waals surface area contributed by atoms with Gasteiger partial charge in [0.15, 0.2) is 0 Å². The van der Waals surface area contributed by atoms with E-state index in [1.165, 1.54) is 4.88 Å². The van der Waals surface area contributed by atoms with Gasteiger partial charge >= 0.3 is 0 Å². The lowest BCUT2D eigenvalue weighted by atomic mass is 9.95. The van der Waals surface area contributed by atoms with Gasteiger partial charge in [-0.1, -0.05) is 34.6 Å². The third-order valence-electron chi connectivity index (χ3n) is 2.58. The lowest BCUT2D eigenvalue weighted by molar-refractivity contribution is 0.177. The van der Waals surface area contributed by atoms with E-state index in [2.05, 4.69) is 46.0 Å². The molecule has 1 heterocycles. The smallest absolute Gasteiger partial charge is 0.101 e. The third kappa shape index (κ3) is 4.78. The summed E-state index contributed by atoms with van der Waals surface area (Å²) in [6.45, 7) is 12.5. The Kier molecular flexibility index (Phi) is 5.17. The predicted molar refractivity (Wildman–Crippen MR) is 75.7 cm³/mol. The highest BCUT2D eigenvalue weighted by molar-refractivity contribution is 7.12. The second kappa shape index (κ2) is 5.98. The molecule has 0 saturated heterocycles. The van der Waals surface area contributed by atoms with Gasteiger partial charge in [0, 0.05) is 16.3 Å². The second-order valence-corrected chi connectivity index (χ2v) is 7.14. The second-order valence-electron chi connectivity index (χ2n) is 6.02. The quantitative estimate of drug-likeness (QED) is 0.846. The van der Waals surface area contributed by atoms with Crippen LogP contribution in [0.25, 0.3) is 0 Å². The Bertz CT molecular complexity index is 338. The van der Waals surface area contributed by atoms with Gasteiger partial charge in [-0.05, 0) is 30.0 Å². The zero-order valence-corrected chi connectivity index (χ0v) is 12.4. The molecule has 17 heavy (non-hydrogen) atoms. The highest BCUT2D eigenvalue weighted by atomic mass is 32.1. The topological polar surface area (TPSA) is 32.3 Å². The first kappa shape index (κ1) is 14.7. The Morgan fingerprint density at radius 1 is 1.24 bits per heavy atom. The molecular formula is C14H25NOS. The molecule has 1 rings (SSSR count). The summed E-state index contributed by atoms with van der Waals surface area (Å²) >= 11 is 1.72. The highest BCUT2D eigenvalue weighted by Crippen LogP contribution is 2.32. The number of rotatable bonds is 5. The van der Waals surface area contributed by atoms with E-state index >= 15 is 0 Å². The van der Waals surface area contributed by atoms with Gasteiger partial charge in [-0.3, -0.25) is 0 Å². The van der Waals surface area contributed by atoms with Crippen LogP contribution in [0.15, 0.2) is 12.1 Å². The van der Waals surface area contributed by atoms with Crippen molar-refractivity contribution in [1.82, 2.24) is 5.32 Å². The van der Waals surface area contributed by atoms with Crippen molar-refractivity contribution in [3.63, 3.8) is 0 Å². The van der Waals surface area contributed by atoms with Crippen molar-refractivity contribution in [2.45, 2.75) is 46.1 Å². The lowest BCUT2D eigenvalue weighted by Gasteiger charge is -2.16. The fourth-order valence-electron chi connectivity index (χ4n) is 1.54. The van der Waals surface area contributed by atoms with Crippen LogP contribution < -0.4 is 5.32 Å². The molecule has 0 aliphatic carbocycles. The molecule has 2 nitrogen and oxygen atoms in total. The van der Waals surface area contributed by atoms with Crippen molar-refractivity contribution in [2.24, 2.45) is 5.92 Å². The molecule has 0 amide bonds. The van der Waals surface area contributed by atoms with Crippen LogP contribution in [0.2, 0.25) is 0 Å². The highest BCUT2D eigenvalue weighted by Gasteiger charge is 2.18. The molecule has 1 aromatic rings. The van der Waals surface area contributed by atoms with E-state index in [1.807, 2.05) is 6.07 Å². The van der Waals surface area contributed by atoms with Crippen LogP contribution in [-0.4, -0.2) is 18.2 Å². The average molecular weight is 255 g/mol. The maximum Gasteiger partial charge on any atom is 0.101 e. The molecule has 0 bridgehead atoms. The van der Waals surface area contributed by atoms with Crippen molar-refractivity contribution < 1.29 is 5.11 Å². The molecule has 0 spiro atoms. The van der Waals surface area contributed by atoms with E-state index in [0.717, 1.165) is 11.4 Å². The summed E-state index contributed by atoms with van der Waals surface area (Å²) in [5.74, 6) is 0.621. The largest absolute Gasteiger partial charge is 0.386 e. The van der Waals surface area contributed by atoms with E-state index in [0.29, 0.717) is 12.5 Å². The Hall–Kier alpha value is -0.380. The van der Waals surface area contributed by atoms with Crippen LogP contribution in [0.5, 0.6) is 0 Å². The molecule has 0 fully saturated rings. The maximum atomic E-state index is 10.1. The van der Waals surface area contributed by atoms with Gasteiger partial charge in [-0.2, -0.15) is 0 Å². The minimum Gasteiger partial charge on any atom is -0.386 e. The minimum absolute atomic E-state index is 0.175. The van der Waals surface area contributed by atoms with Gasteiger partial charge < -0.3 is 10.4 Å². The first-order valence-electron chi connectivity index (χ1n) is 6.29. The molecular weight excluding hydrogens is 230 g/mol. The molecule has 0 saturated carbocycles. The van der Waals surface area contributed by atoms with E-state index in [9.17, 15) is 5.11 Å². The summed E-state index contributed by atoms with van der Waals surface area (Å²) in [5, 5.41) is 13.3. The van der Waals surface area contributed by atoms with Gasteiger partial charge in [0.05, 0.1) is 0 Å². The van der Waals surface area contributed by atoms with E-state index < -0.39 is 0 Å². The van der Waals surface area contributed by atoms with Crippen LogP contribution in [0, 0.1) is 5.92 Å². The summed E-state index contributed by atoms with van der Waals surface area (Å²) < 4.78 is 0. The zero-order valence-electron chi connectivity index (χ0n) is 11.6. The van der Waals surface area contributed by atoms with Gasteiger partial charge in [0.1, 0.15) is 6.10 Å². The molecule has 3 heteroatoms. The first-order valence-corrected chi connectivity index (χ1v) is 7.11. The molecule has 2 N–H and O–H groups in total. The normalized spacial score (nSPS) is 14.3. The maximum absolute atomic E-state index is 10.1. The van der Waals surface area contributed by atoms with Crippen LogP contribution in [0.3, 0.4) is 0 Å². The number of thiophene rings is 1. The van der Waals surface area contributed by atoms with E-state index in [1.54, 1.807) is 11.3 Å². The van der Waals surface area contributed by atoms with Crippen LogP contribution in [-0.2, 0) is 5.41 Å². The average Bonchev–Trinajstić information content (AvgIpc) is 2.64.